The van der Waals surface area contributed by atoms with Crippen LogP contribution in [0.2, 0.25) is 10.0 Å². The number of thiocarbonyl (C=S) groups is 1. The third-order valence-corrected chi connectivity index (χ3v) is 5.54. The van der Waals surface area contributed by atoms with Crippen LogP contribution >= 0.6 is 47.2 Å². The van der Waals surface area contributed by atoms with E-state index >= 15 is 0 Å². The molecule has 3 rings (SSSR count). The zero-order valence-corrected chi connectivity index (χ0v) is 15.0. The first-order chi connectivity index (χ1) is 11.1. The van der Waals surface area contributed by atoms with E-state index in [9.17, 15) is 4.79 Å². The summed E-state index contributed by atoms with van der Waals surface area (Å²) in [4.78, 5) is 14.7. The lowest BCUT2D eigenvalue weighted by Gasteiger charge is -2.14. The van der Waals surface area contributed by atoms with Crippen molar-refractivity contribution in [3.63, 3.8) is 0 Å². The van der Waals surface area contributed by atoms with E-state index in [-0.39, 0.29) is 5.91 Å². The van der Waals surface area contributed by atoms with Crippen molar-refractivity contribution in [2.45, 2.75) is 6.54 Å². The van der Waals surface area contributed by atoms with Crippen molar-refractivity contribution in [1.29, 1.82) is 0 Å². The molecule has 0 radical (unpaired) electrons. The predicted octanol–water partition coefficient (Wildman–Crippen LogP) is 5.39. The number of nitrogens with zero attached hydrogens (tertiary/aromatic N) is 1. The molecule has 1 fully saturated rings. The fraction of sp³-hybridized carbons (Fsp3) is 0.0588. The van der Waals surface area contributed by atoms with Gasteiger partial charge in [-0.05, 0) is 23.3 Å². The third kappa shape index (κ3) is 3.61. The lowest BCUT2D eigenvalue weighted by atomic mass is 10.2. The molecule has 6 heteroatoms. The molecule has 1 amide bonds. The quantitative estimate of drug-likeness (QED) is 0.526. The second-order valence-corrected chi connectivity index (χ2v) is 7.36. The highest BCUT2D eigenvalue weighted by Gasteiger charge is 2.32. The van der Waals surface area contributed by atoms with Crippen LogP contribution < -0.4 is 0 Å². The van der Waals surface area contributed by atoms with Crippen molar-refractivity contribution in [2.75, 3.05) is 0 Å². The molecule has 0 saturated carbocycles. The summed E-state index contributed by atoms with van der Waals surface area (Å²) in [6, 6.07) is 15.1. The van der Waals surface area contributed by atoms with Gasteiger partial charge < -0.3 is 0 Å². The normalized spacial score (nSPS) is 16.4. The number of halogens is 2. The highest BCUT2D eigenvalue weighted by atomic mass is 35.5. The number of amides is 1. The van der Waals surface area contributed by atoms with Crippen LogP contribution in [-0.4, -0.2) is 15.1 Å². The SMILES string of the molecule is O=C1C(=Cc2cccc(Cl)c2Cl)SC(=S)N1Cc1ccccc1. The van der Waals surface area contributed by atoms with Gasteiger partial charge in [-0.1, -0.05) is 89.6 Å². The molecule has 2 aromatic carbocycles. The van der Waals surface area contributed by atoms with Gasteiger partial charge in [-0.2, -0.15) is 0 Å². The van der Waals surface area contributed by atoms with Crippen molar-refractivity contribution in [3.8, 4) is 0 Å². The van der Waals surface area contributed by atoms with Gasteiger partial charge in [-0.15, -0.1) is 0 Å². The maximum absolute atomic E-state index is 12.6. The maximum atomic E-state index is 12.6. The van der Waals surface area contributed by atoms with Crippen LogP contribution in [-0.2, 0) is 11.3 Å². The highest BCUT2D eigenvalue weighted by molar-refractivity contribution is 8.26. The van der Waals surface area contributed by atoms with Crippen LogP contribution in [0.3, 0.4) is 0 Å². The van der Waals surface area contributed by atoms with Gasteiger partial charge in [-0.3, -0.25) is 9.69 Å². The highest BCUT2D eigenvalue weighted by Crippen LogP contribution is 2.35. The molecule has 2 aromatic rings. The van der Waals surface area contributed by atoms with Crippen molar-refractivity contribution in [2.24, 2.45) is 0 Å². The van der Waals surface area contributed by atoms with Crippen LogP contribution in [0.1, 0.15) is 11.1 Å². The Bertz CT molecular complexity index is 805. The minimum absolute atomic E-state index is 0.111. The van der Waals surface area contributed by atoms with Gasteiger partial charge in [0.1, 0.15) is 4.32 Å². The molecule has 1 saturated heterocycles. The Morgan fingerprint density at radius 2 is 1.83 bits per heavy atom. The number of benzene rings is 2. The largest absolute Gasteiger partial charge is 0.288 e. The van der Waals surface area contributed by atoms with Gasteiger partial charge in [0.15, 0.2) is 0 Å². The Balaban J connectivity index is 1.86. The monoisotopic (exact) mass is 379 g/mol. The van der Waals surface area contributed by atoms with Crippen molar-refractivity contribution in [1.82, 2.24) is 4.90 Å². The molecule has 0 aromatic heterocycles. The smallest absolute Gasteiger partial charge is 0.266 e. The summed E-state index contributed by atoms with van der Waals surface area (Å²) in [7, 11) is 0. The van der Waals surface area contributed by atoms with E-state index in [0.29, 0.717) is 31.4 Å². The average molecular weight is 380 g/mol. The molecule has 0 atom stereocenters. The predicted molar refractivity (Wildman–Crippen MR) is 102 cm³/mol. The van der Waals surface area contributed by atoms with Crippen LogP contribution in [0.5, 0.6) is 0 Å². The lowest BCUT2D eigenvalue weighted by molar-refractivity contribution is -0.122. The van der Waals surface area contributed by atoms with E-state index < -0.39 is 0 Å². The first-order valence-corrected chi connectivity index (χ1v) is 8.77. The molecule has 0 aliphatic carbocycles. The van der Waals surface area contributed by atoms with E-state index in [0.717, 1.165) is 5.56 Å². The lowest BCUT2D eigenvalue weighted by Crippen LogP contribution is -2.27. The zero-order valence-electron chi connectivity index (χ0n) is 11.8. The molecule has 0 unspecified atom stereocenters. The molecule has 1 aliphatic heterocycles. The van der Waals surface area contributed by atoms with Gasteiger partial charge in [0.05, 0.1) is 21.5 Å². The molecular formula is C17H11Cl2NOS2. The van der Waals surface area contributed by atoms with Crippen LogP contribution in [0.4, 0.5) is 0 Å². The maximum Gasteiger partial charge on any atom is 0.266 e. The fourth-order valence-electron chi connectivity index (χ4n) is 2.18. The Morgan fingerprint density at radius 1 is 1.09 bits per heavy atom. The first-order valence-electron chi connectivity index (χ1n) is 6.79. The molecule has 2 nitrogen and oxygen atoms in total. The zero-order chi connectivity index (χ0) is 16.4. The van der Waals surface area contributed by atoms with E-state index in [1.165, 1.54) is 11.8 Å². The van der Waals surface area contributed by atoms with Crippen LogP contribution in [0, 0.1) is 0 Å². The minimum Gasteiger partial charge on any atom is -0.288 e. The van der Waals surface area contributed by atoms with Gasteiger partial charge in [0.25, 0.3) is 5.91 Å². The summed E-state index contributed by atoms with van der Waals surface area (Å²) < 4.78 is 0.545. The summed E-state index contributed by atoms with van der Waals surface area (Å²) in [5, 5.41) is 0.891. The summed E-state index contributed by atoms with van der Waals surface area (Å²) in [5.41, 5.74) is 1.74. The molecule has 1 aliphatic rings. The average Bonchev–Trinajstić information content (AvgIpc) is 2.80. The summed E-state index contributed by atoms with van der Waals surface area (Å²) >= 11 is 18.8. The summed E-state index contributed by atoms with van der Waals surface area (Å²) in [6.45, 7) is 0.464. The third-order valence-electron chi connectivity index (χ3n) is 3.33. The van der Waals surface area contributed by atoms with Crippen LogP contribution in [0.15, 0.2) is 53.4 Å². The van der Waals surface area contributed by atoms with E-state index in [2.05, 4.69) is 0 Å². The van der Waals surface area contributed by atoms with Gasteiger partial charge >= 0.3 is 0 Å². The Morgan fingerprint density at radius 3 is 2.57 bits per heavy atom. The van der Waals surface area contributed by atoms with E-state index in [4.69, 9.17) is 35.4 Å². The molecule has 0 N–H and O–H groups in total. The van der Waals surface area contributed by atoms with Crippen molar-refractivity contribution >= 4 is 63.5 Å². The van der Waals surface area contributed by atoms with Gasteiger partial charge in [0, 0.05) is 0 Å². The first kappa shape index (κ1) is 16.5. The standard InChI is InChI=1S/C17H11Cl2NOS2/c18-13-8-4-7-12(15(13)19)9-14-16(21)20(17(22)23-14)10-11-5-2-1-3-6-11/h1-9H,10H2. The number of hydrogen-bond donors (Lipinski definition) is 0. The molecular weight excluding hydrogens is 369 g/mol. The number of carbonyl (C=O) groups is 1. The van der Waals surface area contributed by atoms with E-state index in [1.54, 1.807) is 23.1 Å². The second kappa shape index (κ2) is 7.05. The number of hydrogen-bond acceptors (Lipinski definition) is 3. The topological polar surface area (TPSA) is 20.3 Å². The fourth-order valence-corrected chi connectivity index (χ4v) is 3.78. The summed E-state index contributed by atoms with van der Waals surface area (Å²) in [5.74, 6) is -0.111. The Hall–Kier alpha value is -1.33. The summed E-state index contributed by atoms with van der Waals surface area (Å²) in [6.07, 6.45) is 1.73. The van der Waals surface area contributed by atoms with Crippen LogP contribution in [0.25, 0.3) is 6.08 Å². The van der Waals surface area contributed by atoms with Gasteiger partial charge in [0.2, 0.25) is 0 Å². The number of rotatable bonds is 3. The number of carbonyl (C=O) groups excluding carboxylic acids is 1. The number of thioether (sulfide) groups is 1. The molecule has 23 heavy (non-hydrogen) atoms. The second-order valence-electron chi connectivity index (χ2n) is 4.90. The Kier molecular flexibility index (Phi) is 5.07. The van der Waals surface area contributed by atoms with Gasteiger partial charge in [-0.25, -0.2) is 0 Å². The minimum atomic E-state index is -0.111. The molecule has 0 spiro atoms. The Labute approximate surface area is 154 Å². The van der Waals surface area contributed by atoms with Crippen molar-refractivity contribution in [3.05, 3.63) is 74.6 Å². The van der Waals surface area contributed by atoms with E-state index in [1.807, 2.05) is 36.4 Å². The van der Waals surface area contributed by atoms with Crippen molar-refractivity contribution < 1.29 is 4.79 Å². The molecule has 0 bridgehead atoms. The molecule has 1 heterocycles. The molecule has 116 valence electrons.